The highest BCUT2D eigenvalue weighted by molar-refractivity contribution is 6.35. The number of benzene rings is 2. The number of aromatic nitrogens is 4. The Kier molecular flexibility index (Phi) is 8.19. The fraction of sp³-hybridized carbons (Fsp3) is 0.500. The maximum Gasteiger partial charge on any atom is 0.410 e. The van der Waals surface area contributed by atoms with Crippen LogP contribution in [0.15, 0.2) is 24.4 Å². The first-order chi connectivity index (χ1) is 21.0. The Morgan fingerprint density at radius 3 is 2.52 bits per heavy atom. The Morgan fingerprint density at radius 1 is 1.09 bits per heavy atom. The molecule has 0 bridgehead atoms. The molecule has 6 rings (SSSR count). The molecule has 0 radical (unpaired) electrons. The molecule has 11 nitrogen and oxygen atoms in total. The van der Waals surface area contributed by atoms with Gasteiger partial charge in [-0.15, -0.1) is 0 Å². The minimum atomic E-state index is -0.554. The molecule has 2 aliphatic rings. The number of carbonyl (C=O) groups excluding carboxylic acids is 1. The van der Waals surface area contributed by atoms with Crippen molar-refractivity contribution in [3.63, 3.8) is 0 Å². The van der Waals surface area contributed by atoms with Gasteiger partial charge in [-0.2, -0.15) is 15.1 Å². The average molecular weight is 622 g/mol. The van der Waals surface area contributed by atoms with Crippen LogP contribution in [0.1, 0.15) is 39.2 Å². The van der Waals surface area contributed by atoms with Gasteiger partial charge in [0.2, 0.25) is 0 Å². The van der Waals surface area contributed by atoms with Crippen LogP contribution < -0.4 is 14.4 Å². The highest BCUT2D eigenvalue weighted by Gasteiger charge is 2.32. The average Bonchev–Trinajstić information content (AvgIpc) is 3.65. The van der Waals surface area contributed by atoms with Gasteiger partial charge < -0.3 is 28.9 Å². The number of likely N-dealkylation sites (N-methyl/N-ethyl adjacent to an activating group) is 1. The van der Waals surface area contributed by atoms with Crippen molar-refractivity contribution in [2.24, 2.45) is 0 Å². The Morgan fingerprint density at radius 2 is 1.84 bits per heavy atom. The smallest absolute Gasteiger partial charge is 0.410 e. The minimum absolute atomic E-state index is 0.0909. The lowest BCUT2D eigenvalue weighted by molar-refractivity contribution is 0.0240. The number of amides is 1. The van der Waals surface area contributed by atoms with E-state index in [1.165, 1.54) is 0 Å². The number of halogens is 1. The third-order valence-electron chi connectivity index (χ3n) is 7.75. The second-order valence-electron chi connectivity index (χ2n) is 12.8. The van der Waals surface area contributed by atoms with Crippen LogP contribution in [0.4, 0.5) is 10.6 Å². The number of hydrogen-bond donors (Lipinski definition) is 1. The molecule has 2 fully saturated rings. The van der Waals surface area contributed by atoms with E-state index in [9.17, 15) is 4.79 Å². The van der Waals surface area contributed by atoms with Crippen molar-refractivity contribution in [3.05, 3.63) is 35.0 Å². The highest BCUT2D eigenvalue weighted by Crippen LogP contribution is 2.48. The van der Waals surface area contributed by atoms with Gasteiger partial charge in [0.25, 0.3) is 0 Å². The zero-order valence-electron chi connectivity index (χ0n) is 26.2. The molecule has 1 saturated carbocycles. The molecule has 0 atom stereocenters. The number of carbonyl (C=O) groups is 1. The van der Waals surface area contributed by atoms with E-state index in [0.29, 0.717) is 61.4 Å². The molecule has 44 heavy (non-hydrogen) atoms. The number of nitrogens with one attached hydrogen (secondary N) is 1. The number of aromatic amines is 1. The topological polar surface area (TPSA) is 109 Å². The molecule has 2 aromatic heterocycles. The summed E-state index contributed by atoms with van der Waals surface area (Å²) in [5.41, 5.74) is 3.81. The van der Waals surface area contributed by atoms with Gasteiger partial charge in [0.05, 0.1) is 22.8 Å². The molecule has 4 aromatic rings. The number of rotatable bonds is 8. The summed E-state index contributed by atoms with van der Waals surface area (Å²) < 4.78 is 18.4. The van der Waals surface area contributed by atoms with Crippen molar-refractivity contribution in [2.75, 3.05) is 58.3 Å². The summed E-state index contributed by atoms with van der Waals surface area (Å²) >= 11 is 7.19. The van der Waals surface area contributed by atoms with Crippen molar-refractivity contribution in [3.8, 4) is 22.9 Å². The van der Waals surface area contributed by atoms with E-state index in [1.54, 1.807) is 4.90 Å². The van der Waals surface area contributed by atoms with Gasteiger partial charge in [0, 0.05) is 54.6 Å². The SMILES string of the molecule is Cc1ccc2[nH]ncc2c1-c1c(Cl)cc2c(N3CCN(C(=O)OC(C)(C)C)CC3)nc(OCCN(C)C)nc2c1OC1CC1. The summed E-state index contributed by atoms with van der Waals surface area (Å²) in [6, 6.07) is 6.29. The van der Waals surface area contributed by atoms with Crippen LogP contribution in [0.2, 0.25) is 5.02 Å². The number of anilines is 1. The van der Waals surface area contributed by atoms with E-state index in [0.717, 1.165) is 45.8 Å². The second-order valence-corrected chi connectivity index (χ2v) is 13.2. The van der Waals surface area contributed by atoms with Crippen LogP contribution in [-0.2, 0) is 4.74 Å². The zero-order chi connectivity index (χ0) is 31.2. The molecule has 1 saturated heterocycles. The predicted molar refractivity (Wildman–Crippen MR) is 172 cm³/mol. The van der Waals surface area contributed by atoms with Gasteiger partial charge >= 0.3 is 12.1 Å². The molecule has 0 spiro atoms. The van der Waals surface area contributed by atoms with Crippen molar-refractivity contribution in [1.29, 1.82) is 0 Å². The number of hydrogen-bond acceptors (Lipinski definition) is 9. The molecular formula is C32H40ClN7O4. The Balaban J connectivity index is 1.47. The lowest BCUT2D eigenvalue weighted by Gasteiger charge is -2.36. The van der Waals surface area contributed by atoms with E-state index in [2.05, 4.69) is 28.1 Å². The Hall–Kier alpha value is -3.83. The van der Waals surface area contributed by atoms with E-state index in [1.807, 2.05) is 58.1 Å². The molecule has 1 amide bonds. The number of piperazine rings is 1. The molecule has 3 heterocycles. The van der Waals surface area contributed by atoms with Crippen LogP contribution in [-0.4, -0.2) is 101 Å². The van der Waals surface area contributed by atoms with Gasteiger partial charge in [0.1, 0.15) is 23.5 Å². The largest absolute Gasteiger partial charge is 0.487 e. The quantitative estimate of drug-likeness (QED) is 0.266. The highest BCUT2D eigenvalue weighted by atomic mass is 35.5. The monoisotopic (exact) mass is 621 g/mol. The summed E-state index contributed by atoms with van der Waals surface area (Å²) in [4.78, 5) is 28.5. The summed E-state index contributed by atoms with van der Waals surface area (Å²) in [5.74, 6) is 1.33. The maximum atomic E-state index is 12.8. The molecule has 1 N–H and O–H groups in total. The number of ether oxygens (including phenoxy) is 3. The van der Waals surface area contributed by atoms with Crippen molar-refractivity contribution < 1.29 is 19.0 Å². The van der Waals surface area contributed by atoms with Crippen molar-refractivity contribution in [1.82, 2.24) is 30.0 Å². The van der Waals surface area contributed by atoms with Gasteiger partial charge in [-0.25, -0.2) is 4.79 Å². The molecule has 0 unspecified atom stereocenters. The van der Waals surface area contributed by atoms with Gasteiger partial charge in [-0.1, -0.05) is 17.7 Å². The lowest BCUT2D eigenvalue weighted by Crippen LogP contribution is -2.50. The normalized spacial score (nSPS) is 15.8. The maximum absolute atomic E-state index is 12.8. The Bertz CT molecular complexity index is 1690. The Labute approximate surface area is 262 Å². The molecule has 1 aliphatic heterocycles. The van der Waals surface area contributed by atoms with Crippen LogP contribution in [0, 0.1) is 6.92 Å². The van der Waals surface area contributed by atoms with E-state index in [4.69, 9.17) is 35.8 Å². The molecule has 2 aromatic carbocycles. The summed E-state index contributed by atoms with van der Waals surface area (Å²) in [7, 11) is 3.99. The van der Waals surface area contributed by atoms with Crippen LogP contribution in [0.3, 0.4) is 0 Å². The van der Waals surface area contributed by atoms with Crippen molar-refractivity contribution in [2.45, 2.75) is 52.2 Å². The third kappa shape index (κ3) is 6.34. The number of fused-ring (bicyclic) bond motifs is 2. The number of H-pyrrole nitrogens is 1. The first kappa shape index (κ1) is 30.2. The molecule has 234 valence electrons. The van der Waals surface area contributed by atoms with Crippen LogP contribution in [0.25, 0.3) is 32.9 Å². The second kappa shape index (κ2) is 11.9. The molecular weight excluding hydrogens is 582 g/mol. The molecule has 1 aliphatic carbocycles. The van der Waals surface area contributed by atoms with Gasteiger partial charge in [-0.05, 0) is 72.3 Å². The van der Waals surface area contributed by atoms with Crippen LogP contribution in [0.5, 0.6) is 11.8 Å². The van der Waals surface area contributed by atoms with E-state index in [-0.39, 0.29) is 18.2 Å². The first-order valence-electron chi connectivity index (χ1n) is 15.1. The van der Waals surface area contributed by atoms with E-state index < -0.39 is 5.60 Å². The zero-order valence-corrected chi connectivity index (χ0v) is 27.0. The van der Waals surface area contributed by atoms with Gasteiger partial charge in [0.15, 0.2) is 5.75 Å². The summed E-state index contributed by atoms with van der Waals surface area (Å²) in [5, 5.41) is 9.65. The summed E-state index contributed by atoms with van der Waals surface area (Å²) in [6.07, 6.45) is 3.55. The van der Waals surface area contributed by atoms with Crippen molar-refractivity contribution >= 4 is 45.3 Å². The number of aryl methyl sites for hydroxylation is 1. The van der Waals surface area contributed by atoms with E-state index >= 15 is 0 Å². The fourth-order valence-corrected chi connectivity index (χ4v) is 5.67. The minimum Gasteiger partial charge on any atom is -0.487 e. The third-order valence-corrected chi connectivity index (χ3v) is 8.05. The lowest BCUT2D eigenvalue weighted by atomic mass is 9.94. The summed E-state index contributed by atoms with van der Waals surface area (Å²) in [6.45, 7) is 10.9. The predicted octanol–water partition coefficient (Wildman–Crippen LogP) is 5.67. The number of nitrogens with zero attached hydrogens (tertiary/aromatic N) is 6. The van der Waals surface area contributed by atoms with Gasteiger partial charge in [-0.3, -0.25) is 5.10 Å². The fourth-order valence-electron chi connectivity index (χ4n) is 5.38. The van der Waals surface area contributed by atoms with Crippen LogP contribution >= 0.6 is 11.6 Å². The standard InChI is InChI=1S/C32H40ClN7O4/c1-19-7-10-24-22(18-34-37-24)25(19)26-23(33)17-21-27(28(26)43-20-8-9-20)35-30(42-16-15-38(5)6)36-29(21)39-11-13-40(14-12-39)31(41)44-32(2,3)4/h7,10,17-18,20H,8-9,11-16H2,1-6H3,(H,34,37). The first-order valence-corrected chi connectivity index (χ1v) is 15.5. The molecule has 12 heteroatoms.